The molecule has 2 saturated heterocycles. The van der Waals surface area contributed by atoms with Gasteiger partial charge in [-0.3, -0.25) is 24.6 Å². The summed E-state index contributed by atoms with van der Waals surface area (Å²) in [5, 5.41) is 13.9. The van der Waals surface area contributed by atoms with E-state index in [4.69, 9.17) is 44.3 Å². The van der Waals surface area contributed by atoms with Gasteiger partial charge in [-0.05, 0) is 92.3 Å². The largest absolute Gasteiger partial charge is 0.504 e. The lowest BCUT2D eigenvalue weighted by molar-refractivity contribution is -0.138. The van der Waals surface area contributed by atoms with Crippen LogP contribution in [0.25, 0.3) is 0 Å². The predicted molar refractivity (Wildman–Crippen MR) is 209 cm³/mol. The number of aryl methyl sites for hydroxylation is 1. The average molecular weight is 801 g/mol. The first kappa shape index (κ1) is 36.9. The molecule has 2 N–H and O–H groups in total. The molecule has 4 aromatic rings. The Morgan fingerprint density at radius 2 is 1.65 bits per heavy atom. The number of ether oxygens (including phenoxy) is 2. The number of imide groups is 2. The van der Waals surface area contributed by atoms with E-state index in [2.05, 4.69) is 5.43 Å². The van der Waals surface area contributed by atoms with E-state index in [0.29, 0.717) is 38.2 Å². The number of methoxy groups -OCH3 is 1. The molecular formula is C42H36Cl3N3O7. The van der Waals surface area contributed by atoms with Crippen molar-refractivity contribution in [2.24, 2.45) is 23.7 Å². The van der Waals surface area contributed by atoms with Crippen LogP contribution in [0.3, 0.4) is 0 Å². The van der Waals surface area contributed by atoms with Crippen molar-refractivity contribution in [2.75, 3.05) is 24.0 Å². The molecule has 6 atom stereocenters. The lowest BCUT2D eigenvalue weighted by Gasteiger charge is -2.50. The molecule has 1 saturated carbocycles. The summed E-state index contributed by atoms with van der Waals surface area (Å²) in [5.74, 6) is -5.65. The number of rotatable bonds is 8. The number of phenolic OH excluding ortho intramolecular Hbond substituents is 1. The van der Waals surface area contributed by atoms with Crippen LogP contribution < -0.4 is 19.8 Å². The number of hydrogen-bond donors (Lipinski definition) is 2. The number of hydrogen-bond acceptors (Lipinski definition) is 8. The third-order valence-corrected chi connectivity index (χ3v) is 12.6. The second-order valence-electron chi connectivity index (χ2n) is 14.3. The Morgan fingerprint density at radius 1 is 0.891 bits per heavy atom. The Balaban J connectivity index is 1.35. The molecule has 0 radical (unpaired) electrons. The van der Waals surface area contributed by atoms with Crippen LogP contribution in [0.15, 0.2) is 90.5 Å². The zero-order valence-electron chi connectivity index (χ0n) is 30.0. The number of benzene rings is 4. The molecular weight excluding hydrogens is 765 g/mol. The number of carbonyl (C=O) groups excluding carboxylic acids is 4. The maximum atomic E-state index is 15.5. The smallest absolute Gasteiger partial charge is 0.260 e. The summed E-state index contributed by atoms with van der Waals surface area (Å²) in [6, 6.07) is 21.8. The van der Waals surface area contributed by atoms with Gasteiger partial charge in [0, 0.05) is 21.5 Å². The first-order valence-electron chi connectivity index (χ1n) is 18.0. The van der Waals surface area contributed by atoms with Crippen LogP contribution in [-0.2, 0) is 24.6 Å². The van der Waals surface area contributed by atoms with Crippen LogP contribution in [-0.4, -0.2) is 47.5 Å². The summed E-state index contributed by atoms with van der Waals surface area (Å²) in [4.78, 5) is 60.5. The zero-order valence-corrected chi connectivity index (χ0v) is 32.3. The van der Waals surface area contributed by atoms with Crippen molar-refractivity contribution in [1.29, 1.82) is 0 Å². The molecule has 4 aliphatic rings. The SMILES string of the molecule is CCOc1cccc(C2C3=CCC4C(=O)N(c5ccc(C)c(Cl)c5)C(=O)C4C3CC3C(=O)N(Nc4ccc(Cl)cc4Cl)C(=O)C32c2ccc(OC)cc2)c1O. The molecule has 4 aromatic carbocycles. The van der Waals surface area contributed by atoms with Crippen LogP contribution in [0, 0.1) is 30.6 Å². The number of fused-ring (bicyclic) bond motifs is 4. The number of halogens is 3. The van der Waals surface area contributed by atoms with Crippen molar-refractivity contribution in [3.05, 3.63) is 122 Å². The summed E-state index contributed by atoms with van der Waals surface area (Å²) in [7, 11) is 1.53. The Hall–Kier alpha value is -5.03. The second kappa shape index (κ2) is 13.9. The van der Waals surface area contributed by atoms with E-state index < -0.39 is 52.7 Å². The molecule has 4 amide bonds. The predicted octanol–water partition coefficient (Wildman–Crippen LogP) is 8.26. The number of phenols is 1. The van der Waals surface area contributed by atoms with Crippen LogP contribution in [0.5, 0.6) is 17.2 Å². The van der Waals surface area contributed by atoms with Gasteiger partial charge in [-0.1, -0.05) is 76.8 Å². The first-order valence-corrected chi connectivity index (χ1v) is 19.1. The van der Waals surface area contributed by atoms with Crippen molar-refractivity contribution in [3.8, 4) is 17.2 Å². The highest BCUT2D eigenvalue weighted by Crippen LogP contribution is 2.65. The van der Waals surface area contributed by atoms with Crippen molar-refractivity contribution in [2.45, 2.75) is 38.0 Å². The lowest BCUT2D eigenvalue weighted by atomic mass is 9.49. The standard InChI is InChI=1S/C42H36Cl3N3O7/c1-4-55-34-7-5-6-28(37(34)49)36-26-15-16-27-35(40(52)47(38(27)50)24-12-8-21(2)31(44)19-24)29(26)20-30-39(51)48(46-33-17-11-23(43)18-32(33)45)41(53)42(30,36)22-9-13-25(54-3)14-10-22/h5-15,17-19,27,29-30,35-36,46,49H,4,16,20H2,1-3H3. The minimum Gasteiger partial charge on any atom is -0.504 e. The van der Waals surface area contributed by atoms with Crippen LogP contribution in [0.4, 0.5) is 11.4 Å². The van der Waals surface area contributed by atoms with Crippen LogP contribution >= 0.6 is 34.8 Å². The van der Waals surface area contributed by atoms with E-state index in [-0.39, 0.29) is 47.6 Å². The molecule has 0 aromatic heterocycles. The van der Waals surface area contributed by atoms with Crippen molar-refractivity contribution in [3.63, 3.8) is 0 Å². The molecule has 13 heteroatoms. The second-order valence-corrected chi connectivity index (χ2v) is 15.5. The summed E-state index contributed by atoms with van der Waals surface area (Å²) >= 11 is 19.2. The fraction of sp³-hybridized carbons (Fsp3) is 0.286. The molecule has 10 nitrogen and oxygen atoms in total. The van der Waals surface area contributed by atoms with Crippen molar-refractivity contribution < 1.29 is 33.8 Å². The minimum atomic E-state index is -1.65. The van der Waals surface area contributed by atoms with Crippen LogP contribution in [0.2, 0.25) is 15.1 Å². The number of aromatic hydroxyl groups is 1. The van der Waals surface area contributed by atoms with Crippen LogP contribution in [0.1, 0.15) is 42.4 Å². The van der Waals surface area contributed by atoms with Gasteiger partial charge in [0.1, 0.15) is 5.75 Å². The topological polar surface area (TPSA) is 125 Å². The van der Waals surface area contributed by atoms with Gasteiger partial charge in [0.25, 0.3) is 11.8 Å². The van der Waals surface area contributed by atoms with E-state index in [0.717, 1.165) is 10.6 Å². The number of amides is 4. The number of nitrogens with one attached hydrogen (secondary N) is 1. The van der Waals surface area contributed by atoms with Gasteiger partial charge in [-0.15, -0.1) is 0 Å². The Labute approximate surface area is 332 Å². The normalized spacial score (nSPS) is 25.7. The summed E-state index contributed by atoms with van der Waals surface area (Å²) in [6.07, 6.45) is 2.18. The number of anilines is 2. The lowest BCUT2D eigenvalue weighted by Crippen LogP contribution is -2.53. The van der Waals surface area contributed by atoms with Gasteiger partial charge >= 0.3 is 0 Å². The van der Waals surface area contributed by atoms with Gasteiger partial charge in [-0.2, -0.15) is 5.01 Å². The molecule has 0 bridgehead atoms. The highest BCUT2D eigenvalue weighted by molar-refractivity contribution is 6.36. The number of hydrazine groups is 1. The van der Waals surface area contributed by atoms with E-state index in [9.17, 15) is 19.5 Å². The summed E-state index contributed by atoms with van der Waals surface area (Å²) in [6.45, 7) is 3.89. The van der Waals surface area contributed by atoms with Crippen molar-refractivity contribution >= 4 is 69.8 Å². The third-order valence-electron chi connectivity index (χ3n) is 11.6. The molecule has 2 heterocycles. The molecule has 3 fully saturated rings. The van der Waals surface area contributed by atoms with E-state index in [1.54, 1.807) is 79.7 Å². The number of nitrogens with zero attached hydrogens (tertiary/aromatic N) is 2. The Kier molecular flexibility index (Phi) is 9.35. The molecule has 55 heavy (non-hydrogen) atoms. The number of carbonyl (C=O) groups is 4. The molecule has 0 spiro atoms. The fourth-order valence-electron chi connectivity index (χ4n) is 9.21. The van der Waals surface area contributed by atoms with E-state index in [1.165, 1.54) is 18.1 Å². The monoisotopic (exact) mass is 799 g/mol. The molecule has 8 rings (SSSR count). The summed E-state index contributed by atoms with van der Waals surface area (Å²) < 4.78 is 11.3. The highest BCUT2D eigenvalue weighted by Gasteiger charge is 2.70. The molecule has 2 aliphatic heterocycles. The number of para-hydroxylation sites is 1. The molecule has 6 unspecified atom stereocenters. The highest BCUT2D eigenvalue weighted by atomic mass is 35.5. The van der Waals surface area contributed by atoms with Gasteiger partial charge in [0.05, 0.1) is 53.3 Å². The maximum Gasteiger partial charge on any atom is 0.260 e. The molecule has 2 aliphatic carbocycles. The first-order chi connectivity index (χ1) is 26.4. The summed E-state index contributed by atoms with van der Waals surface area (Å²) in [5.41, 5.74) is 4.28. The van der Waals surface area contributed by atoms with Gasteiger partial charge in [-0.25, -0.2) is 4.90 Å². The quantitative estimate of drug-likeness (QED) is 0.135. The van der Waals surface area contributed by atoms with Gasteiger partial charge in [0.2, 0.25) is 11.8 Å². The van der Waals surface area contributed by atoms with Gasteiger partial charge in [0.15, 0.2) is 11.5 Å². The van der Waals surface area contributed by atoms with E-state index in [1.807, 2.05) is 13.0 Å². The number of allylic oxidation sites excluding steroid dienone is 2. The fourth-order valence-corrected chi connectivity index (χ4v) is 9.83. The van der Waals surface area contributed by atoms with Gasteiger partial charge < -0.3 is 14.6 Å². The zero-order chi connectivity index (χ0) is 38.9. The average Bonchev–Trinajstić information content (AvgIpc) is 3.55. The minimum absolute atomic E-state index is 0.0556. The third kappa shape index (κ3) is 5.59. The van der Waals surface area contributed by atoms with E-state index >= 15 is 4.79 Å². The Morgan fingerprint density at radius 3 is 2.35 bits per heavy atom. The van der Waals surface area contributed by atoms with Crippen molar-refractivity contribution in [1.82, 2.24) is 5.01 Å². The maximum absolute atomic E-state index is 15.5. The molecule has 282 valence electrons. The Bertz CT molecular complexity index is 2310.